The number of rotatable bonds is 14. The zero-order valence-corrected chi connectivity index (χ0v) is 22.5. The average molecular weight is 560 g/mol. The first-order chi connectivity index (χ1) is 18.0. The molecule has 1 saturated carbocycles. The van der Waals surface area contributed by atoms with E-state index in [1.54, 1.807) is 12.1 Å². The van der Waals surface area contributed by atoms with E-state index in [0.717, 1.165) is 51.4 Å². The van der Waals surface area contributed by atoms with Crippen LogP contribution in [0.5, 0.6) is 5.75 Å². The fourth-order valence-corrected chi connectivity index (χ4v) is 6.02. The molecular formula is C28H38F4NO4P. The quantitative estimate of drug-likeness (QED) is 0.128. The van der Waals surface area contributed by atoms with E-state index < -0.39 is 14.0 Å². The highest BCUT2D eigenvalue weighted by Crippen LogP contribution is 2.43. The van der Waals surface area contributed by atoms with Gasteiger partial charge in [-0.25, -0.2) is 4.39 Å². The molecule has 1 fully saturated rings. The summed E-state index contributed by atoms with van der Waals surface area (Å²) in [6, 6.07) is 11.6. The van der Waals surface area contributed by atoms with Gasteiger partial charge < -0.3 is 19.8 Å². The molecule has 38 heavy (non-hydrogen) atoms. The first kappa shape index (κ1) is 30.6. The lowest BCUT2D eigenvalue weighted by atomic mass is 9.66. The zero-order valence-electron chi connectivity index (χ0n) is 21.6. The number of ether oxygens (including phenoxy) is 1. The summed E-state index contributed by atoms with van der Waals surface area (Å²) in [5, 5.41) is 2.99. The number of nitrogens with one attached hydrogen (secondary N) is 1. The standard InChI is InChI=1S/C28H38F4NO4P/c29-25-13-11-24(12-14-25)27(16-5-2-6-17-27)15-4-1-3-8-23-10-9-22(20-26(23)37-28(30,31)32)21-33-18-7-19-38(34,35)36/h9-14,20,33H,1-8,15-19,21H2,(H2,34,35,36). The van der Waals surface area contributed by atoms with Crippen molar-refractivity contribution in [2.75, 3.05) is 12.7 Å². The Morgan fingerprint density at radius 2 is 1.66 bits per heavy atom. The van der Waals surface area contributed by atoms with Crippen LogP contribution in [-0.4, -0.2) is 28.9 Å². The minimum atomic E-state index is -4.80. The molecule has 1 aliphatic carbocycles. The van der Waals surface area contributed by atoms with Gasteiger partial charge in [0.05, 0.1) is 6.16 Å². The number of benzene rings is 2. The van der Waals surface area contributed by atoms with Crippen molar-refractivity contribution in [2.45, 2.75) is 89.0 Å². The third kappa shape index (κ3) is 10.3. The first-order valence-corrected chi connectivity index (χ1v) is 15.1. The van der Waals surface area contributed by atoms with Gasteiger partial charge in [-0.3, -0.25) is 4.57 Å². The van der Waals surface area contributed by atoms with Gasteiger partial charge in [-0.1, -0.05) is 56.4 Å². The van der Waals surface area contributed by atoms with E-state index in [9.17, 15) is 22.1 Å². The molecule has 0 spiro atoms. The van der Waals surface area contributed by atoms with Gasteiger partial charge in [-0.05, 0) is 85.4 Å². The van der Waals surface area contributed by atoms with Crippen molar-refractivity contribution in [3.8, 4) is 5.75 Å². The van der Waals surface area contributed by atoms with Gasteiger partial charge in [0.2, 0.25) is 0 Å². The lowest BCUT2D eigenvalue weighted by Gasteiger charge is -2.38. The van der Waals surface area contributed by atoms with E-state index in [-0.39, 0.29) is 36.1 Å². The van der Waals surface area contributed by atoms with E-state index >= 15 is 0 Å². The van der Waals surface area contributed by atoms with Crippen molar-refractivity contribution in [3.63, 3.8) is 0 Å². The van der Waals surface area contributed by atoms with Crippen LogP contribution < -0.4 is 10.1 Å². The molecule has 0 saturated heterocycles. The van der Waals surface area contributed by atoms with Crippen LogP contribution in [0.25, 0.3) is 0 Å². The predicted molar refractivity (Wildman–Crippen MR) is 140 cm³/mol. The molecule has 10 heteroatoms. The Balaban J connectivity index is 1.54. The number of hydrogen-bond acceptors (Lipinski definition) is 3. The summed E-state index contributed by atoms with van der Waals surface area (Å²) < 4.78 is 67.9. The highest BCUT2D eigenvalue weighted by atomic mass is 31.2. The smallest absolute Gasteiger partial charge is 0.405 e. The highest BCUT2D eigenvalue weighted by molar-refractivity contribution is 7.51. The minimum Gasteiger partial charge on any atom is -0.405 e. The maximum atomic E-state index is 13.5. The molecule has 0 amide bonds. The molecule has 0 aromatic heterocycles. The Labute approximate surface area is 222 Å². The van der Waals surface area contributed by atoms with E-state index in [1.165, 1.54) is 30.2 Å². The Morgan fingerprint density at radius 3 is 2.32 bits per heavy atom. The second-order valence-corrected chi connectivity index (χ2v) is 12.1. The maximum Gasteiger partial charge on any atom is 0.573 e. The summed E-state index contributed by atoms with van der Waals surface area (Å²) in [4.78, 5) is 17.8. The van der Waals surface area contributed by atoms with Gasteiger partial charge in [0.25, 0.3) is 0 Å². The fraction of sp³-hybridized carbons (Fsp3) is 0.571. The molecule has 0 aliphatic heterocycles. The van der Waals surface area contributed by atoms with Gasteiger partial charge in [-0.2, -0.15) is 0 Å². The van der Waals surface area contributed by atoms with Crippen molar-refractivity contribution < 1.29 is 36.7 Å². The summed E-state index contributed by atoms with van der Waals surface area (Å²) in [6.45, 7) is 0.600. The average Bonchev–Trinajstić information content (AvgIpc) is 2.84. The van der Waals surface area contributed by atoms with E-state index in [1.807, 2.05) is 12.1 Å². The van der Waals surface area contributed by atoms with Crippen LogP contribution in [0.1, 0.15) is 80.9 Å². The predicted octanol–water partition coefficient (Wildman–Crippen LogP) is 7.39. The number of unbranched alkanes of at least 4 members (excludes halogenated alkanes) is 2. The van der Waals surface area contributed by atoms with Crippen LogP contribution in [0.4, 0.5) is 17.6 Å². The van der Waals surface area contributed by atoms with Crippen LogP contribution in [0.2, 0.25) is 0 Å². The molecule has 0 bridgehead atoms. The monoisotopic (exact) mass is 559 g/mol. The van der Waals surface area contributed by atoms with Gasteiger partial charge in [-0.15, -0.1) is 13.2 Å². The first-order valence-electron chi connectivity index (χ1n) is 13.3. The van der Waals surface area contributed by atoms with Crippen LogP contribution in [0.15, 0.2) is 42.5 Å². The zero-order chi connectivity index (χ0) is 27.7. The van der Waals surface area contributed by atoms with Crippen LogP contribution in [0.3, 0.4) is 0 Å². The van der Waals surface area contributed by atoms with Gasteiger partial charge in [0, 0.05) is 6.54 Å². The number of aryl methyl sites for hydroxylation is 1. The van der Waals surface area contributed by atoms with E-state index in [0.29, 0.717) is 24.1 Å². The summed E-state index contributed by atoms with van der Waals surface area (Å²) in [6.07, 6.45) is 4.89. The molecule has 1 aliphatic rings. The maximum absolute atomic E-state index is 13.5. The summed E-state index contributed by atoms with van der Waals surface area (Å²) >= 11 is 0. The van der Waals surface area contributed by atoms with Crippen molar-refractivity contribution in [1.82, 2.24) is 5.32 Å². The van der Waals surface area contributed by atoms with Crippen LogP contribution >= 0.6 is 7.60 Å². The highest BCUT2D eigenvalue weighted by Gasteiger charge is 2.34. The SMILES string of the molecule is O=P(O)(O)CCCNCc1ccc(CCCCCC2(c3ccc(F)cc3)CCCCC2)c(OC(F)(F)F)c1. The normalized spacial score (nSPS) is 15.9. The molecule has 0 radical (unpaired) electrons. The van der Waals surface area contributed by atoms with Crippen molar-refractivity contribution in [3.05, 3.63) is 65.0 Å². The molecule has 0 atom stereocenters. The topological polar surface area (TPSA) is 78.8 Å². The largest absolute Gasteiger partial charge is 0.573 e. The van der Waals surface area contributed by atoms with Crippen molar-refractivity contribution in [2.24, 2.45) is 0 Å². The molecule has 5 nitrogen and oxygen atoms in total. The molecule has 212 valence electrons. The van der Waals surface area contributed by atoms with Gasteiger partial charge >= 0.3 is 14.0 Å². The molecule has 2 aromatic carbocycles. The van der Waals surface area contributed by atoms with Crippen molar-refractivity contribution in [1.29, 1.82) is 0 Å². The summed E-state index contributed by atoms with van der Waals surface area (Å²) in [7, 11) is -4.06. The summed E-state index contributed by atoms with van der Waals surface area (Å²) in [5.74, 6) is -0.444. The lowest BCUT2D eigenvalue weighted by molar-refractivity contribution is -0.274. The third-order valence-corrected chi connectivity index (χ3v) is 8.26. The Kier molecular flexibility index (Phi) is 11.2. The summed E-state index contributed by atoms with van der Waals surface area (Å²) in [5.41, 5.74) is 2.34. The number of halogens is 4. The molecule has 0 unspecified atom stereocenters. The Bertz CT molecular complexity index is 1050. The van der Waals surface area contributed by atoms with E-state index in [4.69, 9.17) is 9.79 Å². The second kappa shape index (κ2) is 13.9. The lowest BCUT2D eigenvalue weighted by Crippen LogP contribution is -2.29. The minimum absolute atomic E-state index is 0.0520. The van der Waals surface area contributed by atoms with Gasteiger partial charge in [0.1, 0.15) is 11.6 Å². The molecule has 3 N–H and O–H groups in total. The molecule has 0 heterocycles. The second-order valence-electron chi connectivity index (χ2n) is 10.3. The number of hydrogen-bond donors (Lipinski definition) is 3. The van der Waals surface area contributed by atoms with Crippen LogP contribution in [-0.2, 0) is 22.9 Å². The van der Waals surface area contributed by atoms with Crippen LogP contribution in [0, 0.1) is 5.82 Å². The molecule has 2 aromatic rings. The van der Waals surface area contributed by atoms with Crippen molar-refractivity contribution >= 4 is 7.60 Å². The Hall–Kier alpha value is -1.93. The third-order valence-electron chi connectivity index (χ3n) is 7.36. The molecular weight excluding hydrogens is 521 g/mol. The van der Waals surface area contributed by atoms with E-state index in [2.05, 4.69) is 10.1 Å². The van der Waals surface area contributed by atoms with Gasteiger partial charge in [0.15, 0.2) is 0 Å². The molecule has 3 rings (SSSR count). The Morgan fingerprint density at radius 1 is 0.947 bits per heavy atom. The fourth-order valence-electron chi connectivity index (χ4n) is 5.45. The number of alkyl halides is 3.